The molecule has 0 aliphatic carbocycles. The predicted molar refractivity (Wildman–Crippen MR) is 94.6 cm³/mol. The Kier molecular flexibility index (Phi) is 6.99. The lowest BCUT2D eigenvalue weighted by Gasteiger charge is -2.14. The molecule has 8 heteroatoms. The summed E-state index contributed by atoms with van der Waals surface area (Å²) in [5, 5.41) is 2.60. The van der Waals surface area contributed by atoms with Crippen molar-refractivity contribution in [1.82, 2.24) is 5.32 Å². The van der Waals surface area contributed by atoms with Gasteiger partial charge in [-0.05, 0) is 18.2 Å². The van der Waals surface area contributed by atoms with Crippen LogP contribution in [0.1, 0.15) is 15.9 Å². The molecule has 0 aliphatic rings. The normalized spacial score (nSPS) is 10.1. The Morgan fingerprint density at radius 2 is 1.59 bits per heavy atom. The monoisotopic (exact) mass is 377 g/mol. The van der Waals surface area contributed by atoms with E-state index in [-0.39, 0.29) is 12.1 Å². The third kappa shape index (κ3) is 5.10. The molecular formula is C19H20FNO6. The molecule has 0 aromatic heterocycles. The number of esters is 1. The van der Waals surface area contributed by atoms with Crippen molar-refractivity contribution in [1.29, 1.82) is 0 Å². The molecule has 0 atom stereocenters. The molecule has 0 saturated carbocycles. The van der Waals surface area contributed by atoms with E-state index in [2.05, 4.69) is 5.32 Å². The van der Waals surface area contributed by atoms with Crippen molar-refractivity contribution in [3.05, 3.63) is 53.3 Å². The van der Waals surface area contributed by atoms with E-state index in [9.17, 15) is 14.0 Å². The molecule has 144 valence electrons. The molecule has 2 aromatic rings. The number of hydrogen-bond acceptors (Lipinski definition) is 6. The van der Waals surface area contributed by atoms with Crippen LogP contribution in [0.15, 0.2) is 36.4 Å². The van der Waals surface area contributed by atoms with Crippen LogP contribution in [-0.2, 0) is 16.1 Å². The molecule has 0 saturated heterocycles. The molecule has 0 aliphatic heterocycles. The van der Waals surface area contributed by atoms with Gasteiger partial charge in [0.2, 0.25) is 0 Å². The Bertz CT molecular complexity index is 824. The SMILES string of the molecule is COc1cc(OC)c(OC)cc1CNC(=O)COC(=O)c1ccccc1F. The van der Waals surface area contributed by atoms with Crippen molar-refractivity contribution in [2.24, 2.45) is 0 Å². The minimum Gasteiger partial charge on any atom is -0.496 e. The summed E-state index contributed by atoms with van der Waals surface area (Å²) in [5.41, 5.74) is 0.413. The molecule has 0 fully saturated rings. The Balaban J connectivity index is 1.95. The first kappa shape index (κ1) is 20.0. The van der Waals surface area contributed by atoms with Crippen molar-refractivity contribution in [3.63, 3.8) is 0 Å². The summed E-state index contributed by atoms with van der Waals surface area (Å²) in [6.45, 7) is -0.428. The summed E-state index contributed by atoms with van der Waals surface area (Å²) in [4.78, 5) is 23.7. The summed E-state index contributed by atoms with van der Waals surface area (Å²) < 4.78 is 34.0. The second kappa shape index (κ2) is 9.42. The van der Waals surface area contributed by atoms with Crippen molar-refractivity contribution in [2.45, 2.75) is 6.54 Å². The molecule has 0 radical (unpaired) electrons. The van der Waals surface area contributed by atoms with E-state index in [1.807, 2.05) is 0 Å². The molecule has 1 N–H and O–H groups in total. The minimum absolute atomic E-state index is 0.111. The van der Waals surface area contributed by atoms with Crippen LogP contribution in [0.5, 0.6) is 17.2 Å². The molecule has 0 unspecified atom stereocenters. The predicted octanol–water partition coefficient (Wildman–Crippen LogP) is 2.32. The van der Waals surface area contributed by atoms with Crippen molar-refractivity contribution in [2.75, 3.05) is 27.9 Å². The number of ether oxygens (including phenoxy) is 4. The summed E-state index contributed by atoms with van der Waals surface area (Å²) in [7, 11) is 4.49. The fourth-order valence-corrected chi connectivity index (χ4v) is 2.31. The van der Waals surface area contributed by atoms with Crippen LogP contribution in [0, 0.1) is 5.82 Å². The number of amides is 1. The summed E-state index contributed by atoms with van der Waals surface area (Å²) in [6, 6.07) is 8.68. The number of halogens is 1. The lowest BCUT2D eigenvalue weighted by atomic mass is 10.1. The van der Waals surface area contributed by atoms with E-state index < -0.39 is 24.3 Å². The van der Waals surface area contributed by atoms with Gasteiger partial charge in [0.15, 0.2) is 18.1 Å². The zero-order valence-electron chi connectivity index (χ0n) is 15.2. The zero-order chi connectivity index (χ0) is 19.8. The fourth-order valence-electron chi connectivity index (χ4n) is 2.31. The van der Waals surface area contributed by atoms with Crippen LogP contribution >= 0.6 is 0 Å². The van der Waals surface area contributed by atoms with Crippen LogP contribution in [-0.4, -0.2) is 39.8 Å². The lowest BCUT2D eigenvalue weighted by molar-refractivity contribution is -0.124. The van der Waals surface area contributed by atoms with Crippen molar-refractivity contribution >= 4 is 11.9 Å². The summed E-state index contributed by atoms with van der Waals surface area (Å²) in [6.07, 6.45) is 0. The van der Waals surface area contributed by atoms with Crippen LogP contribution in [0.2, 0.25) is 0 Å². The van der Waals surface area contributed by atoms with E-state index in [1.165, 1.54) is 39.5 Å². The molecule has 27 heavy (non-hydrogen) atoms. The number of rotatable bonds is 8. The van der Waals surface area contributed by atoms with Gasteiger partial charge in [-0.25, -0.2) is 9.18 Å². The second-order valence-electron chi connectivity index (χ2n) is 5.35. The maximum Gasteiger partial charge on any atom is 0.341 e. The van der Waals surface area contributed by atoms with E-state index in [0.29, 0.717) is 22.8 Å². The van der Waals surface area contributed by atoms with Crippen LogP contribution < -0.4 is 19.5 Å². The number of benzene rings is 2. The highest BCUT2D eigenvalue weighted by molar-refractivity contribution is 5.91. The molecular weight excluding hydrogens is 357 g/mol. The maximum absolute atomic E-state index is 13.5. The highest BCUT2D eigenvalue weighted by Gasteiger charge is 2.15. The van der Waals surface area contributed by atoms with E-state index in [1.54, 1.807) is 12.1 Å². The second-order valence-corrected chi connectivity index (χ2v) is 5.35. The van der Waals surface area contributed by atoms with Gasteiger partial charge in [0.1, 0.15) is 11.6 Å². The highest BCUT2D eigenvalue weighted by Crippen LogP contribution is 2.34. The van der Waals surface area contributed by atoms with Gasteiger partial charge in [-0.3, -0.25) is 4.79 Å². The van der Waals surface area contributed by atoms with Gasteiger partial charge >= 0.3 is 5.97 Å². The van der Waals surface area contributed by atoms with Gasteiger partial charge in [0.25, 0.3) is 5.91 Å². The molecule has 0 heterocycles. The molecule has 1 amide bonds. The summed E-state index contributed by atoms with van der Waals surface area (Å²) >= 11 is 0. The van der Waals surface area contributed by atoms with Gasteiger partial charge in [-0.2, -0.15) is 0 Å². The molecule has 7 nitrogen and oxygen atoms in total. The van der Waals surface area contributed by atoms with Crippen molar-refractivity contribution in [3.8, 4) is 17.2 Å². The zero-order valence-corrected chi connectivity index (χ0v) is 15.2. The standard InChI is InChI=1S/C19H20FNO6/c1-24-15-9-17(26-3)16(25-2)8-12(15)10-21-18(22)11-27-19(23)13-6-4-5-7-14(13)20/h4-9H,10-11H2,1-3H3,(H,21,22). The van der Waals surface area contributed by atoms with Crippen LogP contribution in [0.4, 0.5) is 4.39 Å². The number of hydrogen-bond donors (Lipinski definition) is 1. The Morgan fingerprint density at radius 1 is 0.963 bits per heavy atom. The van der Waals surface area contributed by atoms with Gasteiger partial charge in [0.05, 0.1) is 26.9 Å². The Labute approximate surface area is 156 Å². The van der Waals surface area contributed by atoms with E-state index in [4.69, 9.17) is 18.9 Å². The van der Waals surface area contributed by atoms with Gasteiger partial charge in [0, 0.05) is 18.2 Å². The number of carbonyl (C=O) groups excluding carboxylic acids is 2. The number of methoxy groups -OCH3 is 3. The average molecular weight is 377 g/mol. The van der Waals surface area contributed by atoms with E-state index in [0.717, 1.165) is 6.07 Å². The first-order valence-electron chi connectivity index (χ1n) is 7.97. The lowest BCUT2D eigenvalue weighted by Crippen LogP contribution is -2.28. The third-order valence-electron chi connectivity index (χ3n) is 3.69. The highest BCUT2D eigenvalue weighted by atomic mass is 19.1. The summed E-state index contributed by atoms with van der Waals surface area (Å²) in [5.74, 6) is -0.700. The number of nitrogens with one attached hydrogen (secondary N) is 1. The maximum atomic E-state index is 13.5. The largest absolute Gasteiger partial charge is 0.496 e. The third-order valence-corrected chi connectivity index (χ3v) is 3.69. The first-order chi connectivity index (χ1) is 13.0. The van der Waals surface area contributed by atoms with Crippen molar-refractivity contribution < 1.29 is 32.9 Å². The molecule has 2 aromatic carbocycles. The van der Waals surface area contributed by atoms with Gasteiger partial charge in [-0.15, -0.1) is 0 Å². The van der Waals surface area contributed by atoms with Crippen LogP contribution in [0.25, 0.3) is 0 Å². The van der Waals surface area contributed by atoms with Gasteiger partial charge in [-0.1, -0.05) is 12.1 Å². The molecule has 0 bridgehead atoms. The fraction of sp³-hybridized carbons (Fsp3) is 0.263. The number of carbonyl (C=O) groups is 2. The quantitative estimate of drug-likeness (QED) is 0.711. The smallest absolute Gasteiger partial charge is 0.341 e. The average Bonchev–Trinajstić information content (AvgIpc) is 2.69. The molecule has 2 rings (SSSR count). The van der Waals surface area contributed by atoms with Crippen LogP contribution in [0.3, 0.4) is 0 Å². The Morgan fingerprint density at radius 3 is 2.22 bits per heavy atom. The topological polar surface area (TPSA) is 83.1 Å². The van der Waals surface area contributed by atoms with E-state index >= 15 is 0 Å². The minimum atomic E-state index is -0.910. The molecule has 0 spiro atoms. The first-order valence-corrected chi connectivity index (χ1v) is 7.97. The van der Waals surface area contributed by atoms with Gasteiger partial charge < -0.3 is 24.3 Å². The Hall–Kier alpha value is -3.29.